The lowest BCUT2D eigenvalue weighted by Gasteiger charge is -2.28. The normalized spacial score (nSPS) is 14.6. The van der Waals surface area contributed by atoms with E-state index in [1.807, 2.05) is 18.7 Å². The van der Waals surface area contributed by atoms with E-state index in [9.17, 15) is 40.9 Å². The summed E-state index contributed by atoms with van der Waals surface area (Å²) >= 11 is 0. The van der Waals surface area contributed by atoms with Crippen LogP contribution in [0, 0.1) is 5.92 Å². The van der Waals surface area contributed by atoms with Crippen LogP contribution in [0.2, 0.25) is 0 Å². The summed E-state index contributed by atoms with van der Waals surface area (Å²) in [6.45, 7) is 30.6. The summed E-state index contributed by atoms with van der Waals surface area (Å²) in [4.78, 5) is 12.9. The first-order chi connectivity index (χ1) is 48.2. The van der Waals surface area contributed by atoms with Crippen LogP contribution in [-0.2, 0) is 0 Å². The van der Waals surface area contributed by atoms with Crippen LogP contribution in [0.1, 0.15) is 345 Å². The Morgan fingerprint density at radius 2 is 0.490 bits per heavy atom. The lowest BCUT2D eigenvalue weighted by Crippen LogP contribution is -2.40. The van der Waals surface area contributed by atoms with Gasteiger partial charge in [-0.25, -0.2) is 0 Å². The summed E-state index contributed by atoms with van der Waals surface area (Å²) in [6, 6.07) is 0. The first-order valence-electron chi connectivity index (χ1n) is 42.7. The molecular formula is C83H180N6O11. The van der Waals surface area contributed by atoms with Crippen molar-refractivity contribution in [1.82, 2.24) is 29.4 Å². The summed E-state index contributed by atoms with van der Waals surface area (Å²) in [5.41, 5.74) is 0. The second-order valence-corrected chi connectivity index (χ2v) is 30.7. The van der Waals surface area contributed by atoms with Crippen molar-refractivity contribution in [2.24, 2.45) is 5.92 Å². The van der Waals surface area contributed by atoms with Gasteiger partial charge in [-0.1, -0.05) is 255 Å². The third-order valence-electron chi connectivity index (χ3n) is 19.3. The molecule has 0 aromatic rings. The second-order valence-electron chi connectivity index (χ2n) is 30.7. The zero-order valence-corrected chi connectivity index (χ0v) is 68.6. The van der Waals surface area contributed by atoms with Crippen molar-refractivity contribution in [3.05, 3.63) is 0 Å². The van der Waals surface area contributed by atoms with Crippen LogP contribution in [0.25, 0.3) is 0 Å². The molecule has 0 rings (SSSR count). The van der Waals surface area contributed by atoms with Gasteiger partial charge in [0, 0.05) is 72.1 Å². The second kappa shape index (κ2) is 82.4. The number of aliphatic hydroxyl groups is 11. The molecule has 608 valence electrons. The van der Waals surface area contributed by atoms with E-state index in [0.717, 1.165) is 161 Å². The Morgan fingerprint density at radius 3 is 0.780 bits per heavy atom. The minimum atomic E-state index is -0.347. The van der Waals surface area contributed by atoms with Gasteiger partial charge in [-0.15, -0.1) is 0 Å². The topological polar surface area (TPSA) is 242 Å². The highest BCUT2D eigenvalue weighted by atomic mass is 16.3. The molecule has 9 atom stereocenters. The summed E-state index contributed by atoms with van der Waals surface area (Å²) in [5, 5.41) is 107. The van der Waals surface area contributed by atoms with Crippen molar-refractivity contribution in [3.63, 3.8) is 0 Å². The number of likely N-dealkylation sites (N-methyl/N-ethyl adjacent to an activating group) is 1. The molecule has 0 bridgehead atoms. The molecule has 0 aromatic carbocycles. The molecule has 0 saturated carbocycles. The van der Waals surface area contributed by atoms with Crippen molar-refractivity contribution in [3.8, 4) is 0 Å². The summed E-state index contributed by atoms with van der Waals surface area (Å²) in [6.07, 6.45) is 49.3. The lowest BCUT2D eigenvalue weighted by molar-refractivity contribution is 0.0584. The molecule has 0 aliphatic heterocycles. The molecule has 0 amide bonds. The summed E-state index contributed by atoms with van der Waals surface area (Å²) in [7, 11) is 6.29. The maximum absolute atomic E-state index is 10.5. The summed E-state index contributed by atoms with van der Waals surface area (Å²) in [5.74, 6) is 0.585. The highest BCUT2D eigenvalue weighted by Crippen LogP contribution is 2.20. The molecule has 0 aliphatic rings. The molecule has 0 heterocycles. The van der Waals surface area contributed by atoms with Crippen molar-refractivity contribution in [1.29, 1.82) is 0 Å². The van der Waals surface area contributed by atoms with E-state index in [1.165, 1.54) is 161 Å². The third kappa shape index (κ3) is 81.4. The first kappa shape index (κ1) is 106. The fourth-order valence-corrected chi connectivity index (χ4v) is 13.5. The van der Waals surface area contributed by atoms with E-state index in [4.69, 9.17) is 15.3 Å². The quantitative estimate of drug-likeness (QED) is 0.0254. The smallest absolute Gasteiger partial charge is 0.0667 e. The number of unbranched alkanes of at least 4 members (excludes halogenated alkanes) is 22. The van der Waals surface area contributed by atoms with E-state index in [-0.39, 0.29) is 68.7 Å². The van der Waals surface area contributed by atoms with Gasteiger partial charge in [-0.3, -0.25) is 19.6 Å². The number of nitrogens with zero attached hydrogens (tertiary/aromatic N) is 6. The average molecular weight is 1440 g/mol. The zero-order valence-electron chi connectivity index (χ0n) is 68.6. The Labute approximate surface area is 621 Å². The SMILES string of the molecule is CCCC(O)CN(CCCN(C)C)CC(O)CCC.CCCC(O)CN(CCCN(CCO)CCO)CC(O)CCC.CCCC(O)CN(CCCO)CC(O)CCC.CCCCCCCCCCCCCCC(O)CC(C)CCCN(C)CC(O)CCCCCCCCCCCCCC. The average Bonchev–Trinajstić information content (AvgIpc) is 1.07. The molecule has 0 spiro atoms. The van der Waals surface area contributed by atoms with Crippen LogP contribution in [0.15, 0.2) is 0 Å². The van der Waals surface area contributed by atoms with Crippen LogP contribution in [-0.4, -0.2) is 274 Å². The van der Waals surface area contributed by atoms with E-state index in [2.05, 4.69) is 94.1 Å². The molecule has 0 saturated heterocycles. The van der Waals surface area contributed by atoms with Gasteiger partial charge in [-0.2, -0.15) is 0 Å². The minimum Gasteiger partial charge on any atom is -0.396 e. The van der Waals surface area contributed by atoms with E-state index < -0.39 is 0 Å². The standard InChI is InChI=1S/C38H79NO2.C17H38N2O4.C15H34N2O2.C13H29NO3/c1-5-7-9-11-13-15-17-19-21-23-25-27-31-37(40)34-36(3)30-29-33-39(4)35-38(41)32-28-26-24-22-20-18-16-14-12-10-8-6-2;1-3-6-16(22)14-19(15-17(23)7-4-2)9-5-8-18(10-12-20)11-13-21;1-5-8-14(18)12-17(11-7-10-16(3)4)13-15(19)9-6-2;1-3-6-12(16)10-14(8-5-9-15)11-13(17)7-4-2/h36-38,40-41H,5-35H2,1-4H3;16-17,20-23H,3-15H2,1-2H3;14-15,18-19H,5-13H2,1-4H3;12-13,15-17H,3-11H2,1-2H3. The zero-order chi connectivity index (χ0) is 75.5. The van der Waals surface area contributed by atoms with Crippen LogP contribution in [0.4, 0.5) is 0 Å². The third-order valence-corrected chi connectivity index (χ3v) is 19.3. The maximum atomic E-state index is 10.5. The monoisotopic (exact) mass is 1440 g/mol. The molecule has 9 unspecified atom stereocenters. The van der Waals surface area contributed by atoms with Crippen LogP contribution in [0.5, 0.6) is 0 Å². The van der Waals surface area contributed by atoms with Gasteiger partial charge in [0.25, 0.3) is 0 Å². The van der Waals surface area contributed by atoms with Gasteiger partial charge in [0.1, 0.15) is 0 Å². The Kier molecular flexibility index (Phi) is 87.0. The van der Waals surface area contributed by atoms with Crippen molar-refractivity contribution < 1.29 is 56.2 Å². The van der Waals surface area contributed by atoms with Crippen molar-refractivity contribution in [2.45, 2.75) is 394 Å². The van der Waals surface area contributed by atoms with Crippen LogP contribution >= 0.6 is 0 Å². The fraction of sp³-hybridized carbons (Fsp3) is 1.00. The van der Waals surface area contributed by atoms with Crippen molar-refractivity contribution >= 4 is 0 Å². The van der Waals surface area contributed by atoms with Gasteiger partial charge in [0.15, 0.2) is 0 Å². The van der Waals surface area contributed by atoms with Gasteiger partial charge >= 0.3 is 0 Å². The van der Waals surface area contributed by atoms with Gasteiger partial charge in [-0.05, 0) is 150 Å². The van der Waals surface area contributed by atoms with Crippen molar-refractivity contribution in [2.75, 3.05) is 139 Å². The molecular weight excluding hydrogens is 1260 g/mol. The Hall–Kier alpha value is -0.680. The molecule has 0 fully saturated rings. The lowest BCUT2D eigenvalue weighted by atomic mass is 9.95. The Balaban J connectivity index is -0.000000662. The van der Waals surface area contributed by atoms with Gasteiger partial charge in [0.2, 0.25) is 0 Å². The highest BCUT2D eigenvalue weighted by molar-refractivity contribution is 4.74. The molecule has 100 heavy (non-hydrogen) atoms. The predicted molar refractivity (Wildman–Crippen MR) is 429 cm³/mol. The van der Waals surface area contributed by atoms with E-state index in [1.54, 1.807) is 0 Å². The Bertz CT molecular complexity index is 1430. The minimum absolute atomic E-state index is 0.0914. The molecule has 11 N–H and O–H groups in total. The van der Waals surface area contributed by atoms with Crippen LogP contribution < -0.4 is 0 Å². The number of aliphatic hydroxyl groups excluding tert-OH is 11. The maximum Gasteiger partial charge on any atom is 0.0667 e. The highest BCUT2D eigenvalue weighted by Gasteiger charge is 2.19. The Morgan fingerprint density at radius 1 is 0.220 bits per heavy atom. The van der Waals surface area contributed by atoms with Gasteiger partial charge < -0.3 is 66.0 Å². The number of hydrogen-bond donors (Lipinski definition) is 11. The van der Waals surface area contributed by atoms with Crippen LogP contribution in [0.3, 0.4) is 0 Å². The first-order valence-corrected chi connectivity index (χ1v) is 42.7. The number of rotatable bonds is 73. The summed E-state index contributed by atoms with van der Waals surface area (Å²) < 4.78 is 0. The van der Waals surface area contributed by atoms with Gasteiger partial charge in [0.05, 0.1) is 62.0 Å². The molecule has 17 heteroatoms. The molecule has 0 aromatic heterocycles. The van der Waals surface area contributed by atoms with E-state index in [0.29, 0.717) is 64.7 Å². The molecule has 0 aliphatic carbocycles. The predicted octanol–water partition coefficient (Wildman–Crippen LogP) is 14.5. The molecule has 17 nitrogen and oxygen atoms in total. The fourth-order valence-electron chi connectivity index (χ4n) is 13.5. The molecule has 0 radical (unpaired) electrons. The largest absolute Gasteiger partial charge is 0.396 e. The van der Waals surface area contributed by atoms with E-state index >= 15 is 0 Å². The number of hydrogen-bond acceptors (Lipinski definition) is 17.